The summed E-state index contributed by atoms with van der Waals surface area (Å²) in [5.41, 5.74) is 0. The number of ketones is 1. The number of hydrogen-bond acceptors (Lipinski definition) is 1. The van der Waals surface area contributed by atoms with Crippen LogP contribution in [0.1, 0.15) is 72.1 Å². The molecule has 0 aliphatic carbocycles. The van der Waals surface area contributed by atoms with E-state index < -0.39 is 0 Å². The van der Waals surface area contributed by atoms with Crippen LogP contribution < -0.4 is 0 Å². The minimum absolute atomic E-state index is 0.302. The van der Waals surface area contributed by atoms with Crippen molar-refractivity contribution in [2.24, 2.45) is 5.92 Å². The first-order valence-electron chi connectivity index (χ1n) is 6.93. The molecule has 1 nitrogen and oxygen atoms in total. The number of carbonyl (C=O) groups is 1. The van der Waals surface area contributed by atoms with Crippen molar-refractivity contribution in [2.75, 3.05) is 0 Å². The van der Waals surface area contributed by atoms with Gasteiger partial charge >= 0.3 is 0 Å². The molecule has 0 aliphatic rings. The molecule has 0 aromatic carbocycles. The maximum atomic E-state index is 11.9. The van der Waals surface area contributed by atoms with Crippen molar-refractivity contribution in [3.63, 3.8) is 0 Å². The van der Waals surface area contributed by atoms with Crippen LogP contribution in [-0.2, 0) is 4.79 Å². The molecule has 0 spiro atoms. The van der Waals surface area contributed by atoms with Crippen molar-refractivity contribution in [1.29, 1.82) is 0 Å². The van der Waals surface area contributed by atoms with Crippen molar-refractivity contribution >= 4 is 5.78 Å². The van der Waals surface area contributed by atoms with Crippen LogP contribution in [-0.4, -0.2) is 5.78 Å². The quantitative estimate of drug-likeness (QED) is 0.381. The van der Waals surface area contributed by atoms with E-state index in [0.29, 0.717) is 18.1 Å². The maximum absolute atomic E-state index is 11.9. The van der Waals surface area contributed by atoms with Crippen molar-refractivity contribution in [1.82, 2.24) is 0 Å². The molecule has 0 fully saturated rings. The van der Waals surface area contributed by atoms with Crippen molar-refractivity contribution in [2.45, 2.75) is 72.1 Å². The van der Waals surface area contributed by atoms with Gasteiger partial charge in [0.2, 0.25) is 0 Å². The zero-order valence-electron chi connectivity index (χ0n) is 11.3. The molecule has 0 amide bonds. The predicted octanol–water partition coefficient (Wildman–Crippen LogP) is 4.91. The van der Waals surface area contributed by atoms with E-state index >= 15 is 0 Å². The number of unbranched alkanes of at least 4 members (excludes halogenated alkanes) is 3. The Morgan fingerprint density at radius 3 is 2.31 bits per heavy atom. The highest BCUT2D eigenvalue weighted by Crippen LogP contribution is 2.15. The zero-order chi connectivity index (χ0) is 12.2. The third-order valence-corrected chi connectivity index (χ3v) is 3.06. The SMILES string of the molecule is CCCCC=CCC(=O)C(CC)CCCC. The number of rotatable bonds is 10. The van der Waals surface area contributed by atoms with Gasteiger partial charge in [-0.3, -0.25) is 4.79 Å². The summed E-state index contributed by atoms with van der Waals surface area (Å²) in [5.74, 6) is 0.736. The molecule has 0 heterocycles. The van der Waals surface area contributed by atoms with Crippen LogP contribution in [0.25, 0.3) is 0 Å². The Labute approximate surface area is 101 Å². The van der Waals surface area contributed by atoms with Crippen LogP contribution in [0.2, 0.25) is 0 Å². The van der Waals surface area contributed by atoms with Gasteiger partial charge in [-0.1, -0.05) is 58.6 Å². The Kier molecular flexibility index (Phi) is 10.5. The maximum Gasteiger partial charge on any atom is 0.139 e. The van der Waals surface area contributed by atoms with Crippen LogP contribution in [0.3, 0.4) is 0 Å². The summed E-state index contributed by atoms with van der Waals surface area (Å²) in [4.78, 5) is 11.9. The molecular formula is C15H28O. The normalized spacial score (nSPS) is 13.2. The first-order chi connectivity index (χ1) is 7.76. The first-order valence-corrected chi connectivity index (χ1v) is 6.93. The third kappa shape index (κ3) is 7.67. The summed E-state index contributed by atoms with van der Waals surface area (Å²) in [6.07, 6.45) is 12.9. The van der Waals surface area contributed by atoms with Crippen molar-refractivity contribution in [3.05, 3.63) is 12.2 Å². The summed E-state index contributed by atoms with van der Waals surface area (Å²) in [5, 5.41) is 0. The van der Waals surface area contributed by atoms with Gasteiger partial charge in [-0.25, -0.2) is 0 Å². The molecule has 0 rings (SSSR count). The minimum atomic E-state index is 0.302. The summed E-state index contributed by atoms with van der Waals surface area (Å²) >= 11 is 0. The Hall–Kier alpha value is -0.590. The van der Waals surface area contributed by atoms with Gasteiger partial charge in [0.15, 0.2) is 0 Å². The third-order valence-electron chi connectivity index (χ3n) is 3.06. The van der Waals surface area contributed by atoms with Crippen LogP contribution in [0, 0.1) is 5.92 Å². The molecule has 0 aliphatic heterocycles. The second kappa shape index (κ2) is 10.9. The monoisotopic (exact) mass is 224 g/mol. The largest absolute Gasteiger partial charge is 0.299 e. The molecule has 1 unspecified atom stereocenters. The molecule has 0 radical (unpaired) electrons. The van der Waals surface area contributed by atoms with Gasteiger partial charge in [0, 0.05) is 12.3 Å². The molecule has 0 N–H and O–H groups in total. The molecule has 94 valence electrons. The number of hydrogen-bond donors (Lipinski definition) is 0. The second-order valence-electron chi connectivity index (χ2n) is 4.53. The smallest absolute Gasteiger partial charge is 0.139 e. The van der Waals surface area contributed by atoms with Crippen LogP contribution in [0.5, 0.6) is 0 Å². The Morgan fingerprint density at radius 2 is 1.75 bits per heavy atom. The van der Waals surface area contributed by atoms with E-state index in [-0.39, 0.29) is 0 Å². The number of carbonyl (C=O) groups excluding carboxylic acids is 1. The molecule has 1 atom stereocenters. The highest BCUT2D eigenvalue weighted by atomic mass is 16.1. The van der Waals surface area contributed by atoms with E-state index in [2.05, 4.69) is 32.9 Å². The molecule has 0 bridgehead atoms. The number of Topliss-reactive ketones (excluding diaryl/α,β-unsaturated/α-hetero) is 1. The molecule has 0 saturated heterocycles. The highest BCUT2D eigenvalue weighted by molar-refractivity contribution is 5.82. The van der Waals surface area contributed by atoms with Crippen molar-refractivity contribution < 1.29 is 4.79 Å². The molecule has 1 heteroatoms. The Bertz CT molecular complexity index is 194. The fourth-order valence-electron chi connectivity index (χ4n) is 1.85. The van der Waals surface area contributed by atoms with Gasteiger partial charge in [0.1, 0.15) is 5.78 Å². The van der Waals surface area contributed by atoms with E-state index in [1.807, 2.05) is 0 Å². The molecule has 16 heavy (non-hydrogen) atoms. The lowest BCUT2D eigenvalue weighted by Crippen LogP contribution is -2.12. The lowest BCUT2D eigenvalue weighted by molar-refractivity contribution is -0.122. The predicted molar refractivity (Wildman–Crippen MR) is 71.6 cm³/mol. The second-order valence-corrected chi connectivity index (χ2v) is 4.53. The van der Waals surface area contributed by atoms with E-state index in [1.54, 1.807) is 0 Å². The van der Waals surface area contributed by atoms with Gasteiger partial charge in [-0.05, 0) is 19.3 Å². The minimum Gasteiger partial charge on any atom is -0.299 e. The van der Waals surface area contributed by atoms with Gasteiger partial charge in [0.25, 0.3) is 0 Å². The Morgan fingerprint density at radius 1 is 1.06 bits per heavy atom. The van der Waals surface area contributed by atoms with Crippen LogP contribution in [0.15, 0.2) is 12.2 Å². The average Bonchev–Trinajstić information content (AvgIpc) is 2.30. The zero-order valence-corrected chi connectivity index (χ0v) is 11.3. The highest BCUT2D eigenvalue weighted by Gasteiger charge is 2.13. The summed E-state index contributed by atoms with van der Waals surface area (Å²) in [7, 11) is 0. The standard InChI is InChI=1S/C15H28O/c1-4-7-9-10-11-13-15(16)14(6-3)12-8-5-2/h10-11,14H,4-9,12-13H2,1-3H3. The fourth-order valence-corrected chi connectivity index (χ4v) is 1.85. The van der Waals surface area contributed by atoms with Gasteiger partial charge in [0.05, 0.1) is 0 Å². The lowest BCUT2D eigenvalue weighted by atomic mass is 9.93. The lowest BCUT2D eigenvalue weighted by Gasteiger charge is -2.11. The summed E-state index contributed by atoms with van der Waals surface area (Å²) in [6.45, 7) is 6.50. The molecule has 0 saturated carbocycles. The molecule has 0 aromatic rings. The number of allylic oxidation sites excluding steroid dienone is 2. The van der Waals surface area contributed by atoms with E-state index in [0.717, 1.165) is 19.3 Å². The van der Waals surface area contributed by atoms with Gasteiger partial charge in [-0.15, -0.1) is 0 Å². The van der Waals surface area contributed by atoms with E-state index in [9.17, 15) is 4.79 Å². The van der Waals surface area contributed by atoms with E-state index in [4.69, 9.17) is 0 Å². The molecular weight excluding hydrogens is 196 g/mol. The van der Waals surface area contributed by atoms with Gasteiger partial charge < -0.3 is 0 Å². The van der Waals surface area contributed by atoms with Crippen LogP contribution >= 0.6 is 0 Å². The first kappa shape index (κ1) is 15.4. The summed E-state index contributed by atoms with van der Waals surface area (Å²) < 4.78 is 0. The average molecular weight is 224 g/mol. The topological polar surface area (TPSA) is 17.1 Å². The molecule has 0 aromatic heterocycles. The van der Waals surface area contributed by atoms with E-state index in [1.165, 1.54) is 25.7 Å². The Balaban J connectivity index is 3.78. The fraction of sp³-hybridized carbons (Fsp3) is 0.800. The summed E-state index contributed by atoms with van der Waals surface area (Å²) in [6, 6.07) is 0. The van der Waals surface area contributed by atoms with Crippen molar-refractivity contribution in [3.8, 4) is 0 Å². The van der Waals surface area contributed by atoms with Crippen LogP contribution in [0.4, 0.5) is 0 Å². The van der Waals surface area contributed by atoms with Gasteiger partial charge in [-0.2, -0.15) is 0 Å².